The van der Waals surface area contributed by atoms with Gasteiger partial charge in [0.1, 0.15) is 5.69 Å². The monoisotopic (exact) mass is 265 g/mol. The van der Waals surface area contributed by atoms with E-state index >= 15 is 0 Å². The largest absolute Gasteiger partial charge is 0.377 e. The number of carbonyl (C=O) groups is 1. The molecule has 0 heterocycles. The molecule has 104 valence electrons. The quantitative estimate of drug-likeness (QED) is 0.611. The van der Waals surface area contributed by atoms with Crippen molar-refractivity contribution in [2.45, 2.75) is 33.2 Å². The maximum atomic E-state index is 11.7. The molecular weight excluding hydrogens is 246 g/mol. The highest BCUT2D eigenvalue weighted by atomic mass is 16.6. The van der Waals surface area contributed by atoms with Crippen molar-refractivity contribution in [3.05, 3.63) is 33.9 Å². The summed E-state index contributed by atoms with van der Waals surface area (Å²) in [6, 6.07) is 4.60. The fourth-order valence-corrected chi connectivity index (χ4v) is 1.58. The second-order valence-corrected chi connectivity index (χ2v) is 4.30. The molecule has 1 atom stereocenters. The van der Waals surface area contributed by atoms with Gasteiger partial charge in [-0.3, -0.25) is 14.9 Å². The maximum absolute atomic E-state index is 11.7. The van der Waals surface area contributed by atoms with Gasteiger partial charge in [-0.1, -0.05) is 6.92 Å². The molecule has 6 heteroatoms. The number of benzene rings is 1. The van der Waals surface area contributed by atoms with Gasteiger partial charge in [0.15, 0.2) is 0 Å². The van der Waals surface area contributed by atoms with Gasteiger partial charge in [0.05, 0.1) is 4.92 Å². The summed E-state index contributed by atoms with van der Waals surface area (Å²) in [6.45, 7) is 6.22. The molecule has 0 bridgehead atoms. The first-order valence-corrected chi connectivity index (χ1v) is 6.32. The summed E-state index contributed by atoms with van der Waals surface area (Å²) in [5.74, 6) is -0.305. The minimum absolute atomic E-state index is 0.0796. The molecule has 0 fully saturated rings. The van der Waals surface area contributed by atoms with E-state index in [0.717, 1.165) is 6.42 Å². The Morgan fingerprint density at radius 2 is 2.11 bits per heavy atom. The molecule has 0 aliphatic rings. The van der Waals surface area contributed by atoms with Crippen LogP contribution in [0.5, 0.6) is 0 Å². The van der Waals surface area contributed by atoms with Gasteiger partial charge in [0, 0.05) is 24.2 Å². The van der Waals surface area contributed by atoms with Crippen LogP contribution in [0, 0.1) is 10.1 Å². The molecule has 1 aromatic carbocycles. The van der Waals surface area contributed by atoms with E-state index in [-0.39, 0.29) is 17.6 Å². The van der Waals surface area contributed by atoms with Gasteiger partial charge in [0.2, 0.25) is 0 Å². The average molecular weight is 265 g/mol. The molecule has 0 aromatic heterocycles. The van der Waals surface area contributed by atoms with E-state index < -0.39 is 4.92 Å². The van der Waals surface area contributed by atoms with Crippen LogP contribution in [-0.4, -0.2) is 23.4 Å². The maximum Gasteiger partial charge on any atom is 0.293 e. The Bertz CT molecular complexity index is 474. The van der Waals surface area contributed by atoms with Crippen molar-refractivity contribution >= 4 is 17.3 Å². The predicted octanol–water partition coefficient (Wildman–Crippen LogP) is 2.55. The first kappa shape index (κ1) is 14.9. The first-order valence-electron chi connectivity index (χ1n) is 6.32. The molecule has 0 spiro atoms. The summed E-state index contributed by atoms with van der Waals surface area (Å²) in [5.41, 5.74) is 0.653. The molecule has 0 saturated heterocycles. The molecule has 0 radical (unpaired) electrons. The van der Waals surface area contributed by atoms with Gasteiger partial charge in [-0.15, -0.1) is 0 Å². The molecule has 0 aliphatic heterocycles. The number of carbonyl (C=O) groups excluding carboxylic acids is 1. The van der Waals surface area contributed by atoms with Gasteiger partial charge in [-0.2, -0.15) is 0 Å². The Balaban J connectivity index is 3.07. The van der Waals surface area contributed by atoms with Crippen molar-refractivity contribution in [2.24, 2.45) is 0 Å². The normalized spacial score (nSPS) is 11.7. The number of anilines is 1. The number of nitrogens with one attached hydrogen (secondary N) is 2. The highest BCUT2D eigenvalue weighted by Crippen LogP contribution is 2.26. The van der Waals surface area contributed by atoms with Crippen LogP contribution in [0.4, 0.5) is 11.4 Å². The van der Waals surface area contributed by atoms with Crippen LogP contribution in [0.15, 0.2) is 18.2 Å². The molecule has 1 amide bonds. The minimum Gasteiger partial charge on any atom is -0.377 e. The summed E-state index contributed by atoms with van der Waals surface area (Å²) in [7, 11) is 0. The molecule has 19 heavy (non-hydrogen) atoms. The molecule has 2 N–H and O–H groups in total. The Morgan fingerprint density at radius 3 is 2.63 bits per heavy atom. The molecule has 6 nitrogen and oxygen atoms in total. The Labute approximate surface area is 112 Å². The van der Waals surface area contributed by atoms with Gasteiger partial charge in [-0.05, 0) is 32.4 Å². The third kappa shape index (κ3) is 3.94. The highest BCUT2D eigenvalue weighted by Gasteiger charge is 2.18. The van der Waals surface area contributed by atoms with E-state index in [0.29, 0.717) is 17.8 Å². The lowest BCUT2D eigenvalue weighted by Gasteiger charge is -2.13. The van der Waals surface area contributed by atoms with Crippen LogP contribution in [0.1, 0.15) is 37.6 Å². The Morgan fingerprint density at radius 1 is 1.42 bits per heavy atom. The molecular formula is C13H19N3O3. The highest BCUT2D eigenvalue weighted by molar-refractivity contribution is 5.95. The van der Waals surface area contributed by atoms with Crippen molar-refractivity contribution in [3.8, 4) is 0 Å². The average Bonchev–Trinajstić information content (AvgIpc) is 2.38. The van der Waals surface area contributed by atoms with E-state index in [4.69, 9.17) is 0 Å². The smallest absolute Gasteiger partial charge is 0.293 e. The number of nitro groups is 1. The molecule has 1 aromatic rings. The topological polar surface area (TPSA) is 84.3 Å². The number of hydrogen-bond acceptors (Lipinski definition) is 4. The minimum atomic E-state index is -0.479. The second-order valence-electron chi connectivity index (χ2n) is 4.30. The van der Waals surface area contributed by atoms with E-state index in [1.807, 2.05) is 13.8 Å². The lowest BCUT2D eigenvalue weighted by Crippen LogP contribution is -2.23. The summed E-state index contributed by atoms with van der Waals surface area (Å²) in [6.07, 6.45) is 0.856. The zero-order valence-corrected chi connectivity index (χ0v) is 11.4. The third-order valence-electron chi connectivity index (χ3n) is 2.81. The van der Waals surface area contributed by atoms with Crippen molar-refractivity contribution < 1.29 is 9.72 Å². The van der Waals surface area contributed by atoms with Crippen molar-refractivity contribution in [1.29, 1.82) is 0 Å². The zero-order valence-electron chi connectivity index (χ0n) is 11.4. The number of nitro benzene ring substituents is 1. The second kappa shape index (κ2) is 6.72. The SMILES string of the molecule is CCNC(=O)c1ccc(NC(C)CC)c([N+](=O)[O-])c1. The van der Waals surface area contributed by atoms with Crippen LogP contribution in [0.25, 0.3) is 0 Å². The third-order valence-corrected chi connectivity index (χ3v) is 2.81. The van der Waals surface area contributed by atoms with Gasteiger partial charge in [-0.25, -0.2) is 0 Å². The van der Waals surface area contributed by atoms with E-state index in [1.165, 1.54) is 6.07 Å². The van der Waals surface area contributed by atoms with E-state index in [1.54, 1.807) is 19.1 Å². The molecule has 1 rings (SSSR count). The van der Waals surface area contributed by atoms with Gasteiger partial charge in [0.25, 0.3) is 11.6 Å². The van der Waals surface area contributed by atoms with Crippen LogP contribution >= 0.6 is 0 Å². The van der Waals surface area contributed by atoms with Gasteiger partial charge >= 0.3 is 0 Å². The van der Waals surface area contributed by atoms with Crippen LogP contribution < -0.4 is 10.6 Å². The van der Waals surface area contributed by atoms with Crippen LogP contribution in [0.2, 0.25) is 0 Å². The lowest BCUT2D eigenvalue weighted by molar-refractivity contribution is -0.384. The Kier molecular flexibility index (Phi) is 5.29. The summed E-state index contributed by atoms with van der Waals surface area (Å²) in [5, 5.41) is 16.7. The number of rotatable bonds is 6. The van der Waals surface area contributed by atoms with E-state index in [9.17, 15) is 14.9 Å². The summed E-state index contributed by atoms with van der Waals surface area (Å²) < 4.78 is 0. The Hall–Kier alpha value is -2.11. The number of nitrogens with zero attached hydrogens (tertiary/aromatic N) is 1. The number of hydrogen-bond donors (Lipinski definition) is 2. The van der Waals surface area contributed by atoms with Gasteiger partial charge < -0.3 is 10.6 Å². The summed E-state index contributed by atoms with van der Waals surface area (Å²) >= 11 is 0. The van der Waals surface area contributed by atoms with E-state index in [2.05, 4.69) is 10.6 Å². The lowest BCUT2D eigenvalue weighted by atomic mass is 10.1. The predicted molar refractivity (Wildman–Crippen MR) is 74.5 cm³/mol. The van der Waals surface area contributed by atoms with Crippen LogP contribution in [-0.2, 0) is 0 Å². The first-order chi connectivity index (χ1) is 8.99. The van der Waals surface area contributed by atoms with Crippen LogP contribution in [0.3, 0.4) is 0 Å². The molecule has 0 saturated carbocycles. The molecule has 1 unspecified atom stereocenters. The standard InChI is InChI=1S/C13H19N3O3/c1-4-9(3)15-11-7-6-10(13(17)14-5-2)8-12(11)16(18)19/h6-9,15H,4-5H2,1-3H3,(H,14,17). The van der Waals surface area contributed by atoms with Crippen molar-refractivity contribution in [2.75, 3.05) is 11.9 Å². The fourth-order valence-electron chi connectivity index (χ4n) is 1.58. The van der Waals surface area contributed by atoms with Crippen molar-refractivity contribution in [3.63, 3.8) is 0 Å². The zero-order chi connectivity index (χ0) is 14.4. The molecule has 0 aliphatic carbocycles. The fraction of sp³-hybridized carbons (Fsp3) is 0.462. The van der Waals surface area contributed by atoms with Crippen molar-refractivity contribution in [1.82, 2.24) is 5.32 Å². The summed E-state index contributed by atoms with van der Waals surface area (Å²) in [4.78, 5) is 22.2. The number of amides is 1.